The van der Waals surface area contributed by atoms with Crippen molar-refractivity contribution in [1.29, 1.82) is 0 Å². The van der Waals surface area contributed by atoms with Crippen LogP contribution in [-0.2, 0) is 6.54 Å². The zero-order chi connectivity index (χ0) is 14.5. The van der Waals surface area contributed by atoms with Crippen molar-refractivity contribution < 1.29 is 13.6 Å². The van der Waals surface area contributed by atoms with Gasteiger partial charge in [-0.2, -0.15) is 0 Å². The highest BCUT2D eigenvalue weighted by atomic mass is 19.3. The van der Waals surface area contributed by atoms with Crippen LogP contribution in [-0.4, -0.2) is 48.5 Å². The highest BCUT2D eigenvalue weighted by Crippen LogP contribution is 2.14. The summed E-state index contributed by atoms with van der Waals surface area (Å²) in [6.07, 6.45) is 1.29. The lowest BCUT2D eigenvalue weighted by molar-refractivity contribution is 0.0744. The summed E-state index contributed by atoms with van der Waals surface area (Å²) >= 11 is 0. The average molecular weight is 285 g/mol. The first-order chi connectivity index (χ1) is 9.58. The maximum atomic E-state index is 12.5. The molecule has 1 fully saturated rings. The summed E-state index contributed by atoms with van der Waals surface area (Å²) in [5.74, 6) is 0.248. The first-order valence-corrected chi connectivity index (χ1v) is 6.97. The van der Waals surface area contributed by atoms with Gasteiger partial charge in [-0.1, -0.05) is 0 Å². The zero-order valence-corrected chi connectivity index (χ0v) is 11.7. The van der Waals surface area contributed by atoms with E-state index in [9.17, 15) is 13.6 Å². The second-order valence-electron chi connectivity index (χ2n) is 5.33. The number of alkyl halides is 2. The molecule has 2 rings (SSSR count). The van der Waals surface area contributed by atoms with Crippen LogP contribution in [0, 0.1) is 5.92 Å². The van der Waals surface area contributed by atoms with E-state index in [0.717, 1.165) is 25.9 Å². The van der Waals surface area contributed by atoms with E-state index in [-0.39, 0.29) is 5.91 Å². The summed E-state index contributed by atoms with van der Waals surface area (Å²) < 4.78 is 26.2. The molecule has 1 aromatic heterocycles. The smallest absolute Gasteiger partial charge is 0.270 e. The quantitative estimate of drug-likeness (QED) is 0.896. The predicted octanol–water partition coefficient (Wildman–Crippen LogP) is 1.82. The van der Waals surface area contributed by atoms with E-state index >= 15 is 0 Å². The van der Waals surface area contributed by atoms with Crippen molar-refractivity contribution in [3.8, 4) is 0 Å². The molecule has 0 saturated carbocycles. The molecule has 4 nitrogen and oxygen atoms in total. The van der Waals surface area contributed by atoms with Crippen LogP contribution < -0.4 is 5.32 Å². The zero-order valence-electron chi connectivity index (χ0n) is 11.7. The second-order valence-corrected chi connectivity index (χ2v) is 5.33. The monoisotopic (exact) mass is 285 g/mol. The van der Waals surface area contributed by atoms with Crippen LogP contribution >= 0.6 is 0 Å². The van der Waals surface area contributed by atoms with Crippen molar-refractivity contribution in [3.05, 3.63) is 24.0 Å². The third-order valence-corrected chi connectivity index (χ3v) is 3.66. The third kappa shape index (κ3) is 3.79. The third-order valence-electron chi connectivity index (χ3n) is 3.66. The van der Waals surface area contributed by atoms with Gasteiger partial charge in [-0.05, 0) is 44.0 Å². The molecule has 0 radical (unpaired) electrons. The van der Waals surface area contributed by atoms with Gasteiger partial charge in [0, 0.05) is 19.8 Å². The predicted molar refractivity (Wildman–Crippen MR) is 73.0 cm³/mol. The van der Waals surface area contributed by atoms with Gasteiger partial charge >= 0.3 is 0 Å². The Kier molecular flexibility index (Phi) is 5.11. The van der Waals surface area contributed by atoms with Crippen LogP contribution in [0.4, 0.5) is 8.78 Å². The van der Waals surface area contributed by atoms with Crippen LogP contribution in [0.25, 0.3) is 0 Å². The molecule has 1 atom stereocenters. The molecule has 20 heavy (non-hydrogen) atoms. The Morgan fingerprint density at radius 2 is 2.40 bits per heavy atom. The fourth-order valence-corrected chi connectivity index (χ4v) is 2.66. The molecule has 1 unspecified atom stereocenters. The Bertz CT molecular complexity index is 441. The van der Waals surface area contributed by atoms with E-state index in [2.05, 4.69) is 5.32 Å². The van der Waals surface area contributed by atoms with E-state index in [4.69, 9.17) is 0 Å². The van der Waals surface area contributed by atoms with Gasteiger partial charge in [-0.25, -0.2) is 8.78 Å². The van der Waals surface area contributed by atoms with Gasteiger partial charge < -0.3 is 14.8 Å². The first kappa shape index (κ1) is 15.0. The molecule has 2 heterocycles. The largest absolute Gasteiger partial charge is 0.340 e. The minimum Gasteiger partial charge on any atom is -0.340 e. The molecular weight excluding hydrogens is 264 g/mol. The molecule has 0 spiro atoms. The van der Waals surface area contributed by atoms with Gasteiger partial charge in [0.15, 0.2) is 0 Å². The minimum atomic E-state index is -2.46. The normalized spacial score (nSPS) is 19.3. The van der Waals surface area contributed by atoms with E-state index in [1.165, 1.54) is 10.8 Å². The summed E-state index contributed by atoms with van der Waals surface area (Å²) in [5.41, 5.74) is 0.330. The lowest BCUT2D eigenvalue weighted by atomic mass is 9.99. The Labute approximate surface area is 117 Å². The lowest BCUT2D eigenvalue weighted by Gasteiger charge is -2.27. The molecule has 1 aromatic rings. The van der Waals surface area contributed by atoms with Gasteiger partial charge in [0.05, 0.1) is 6.54 Å². The van der Waals surface area contributed by atoms with Crippen LogP contribution in [0.1, 0.15) is 23.3 Å². The summed E-state index contributed by atoms with van der Waals surface area (Å²) in [5, 5.41) is 3.31. The molecule has 1 aliphatic rings. The molecule has 0 aliphatic carbocycles. The Hall–Kier alpha value is -1.43. The van der Waals surface area contributed by atoms with Gasteiger partial charge in [0.2, 0.25) is 0 Å². The van der Waals surface area contributed by atoms with Crippen LogP contribution in [0.2, 0.25) is 0 Å². The van der Waals surface area contributed by atoms with Crippen LogP contribution in [0.3, 0.4) is 0 Å². The van der Waals surface area contributed by atoms with E-state index < -0.39 is 13.0 Å². The van der Waals surface area contributed by atoms with Gasteiger partial charge in [0.25, 0.3) is 12.3 Å². The number of aromatic nitrogens is 1. The van der Waals surface area contributed by atoms with Crippen molar-refractivity contribution in [2.45, 2.75) is 25.8 Å². The van der Waals surface area contributed by atoms with Crippen LogP contribution in [0.15, 0.2) is 18.3 Å². The Balaban J connectivity index is 1.97. The van der Waals surface area contributed by atoms with E-state index in [1.54, 1.807) is 24.1 Å². The number of amides is 1. The molecule has 1 saturated heterocycles. The number of nitrogens with zero attached hydrogens (tertiary/aromatic N) is 2. The van der Waals surface area contributed by atoms with Crippen LogP contribution in [0.5, 0.6) is 0 Å². The number of halogens is 2. The number of rotatable bonds is 5. The average Bonchev–Trinajstić information content (AvgIpc) is 2.86. The Morgan fingerprint density at radius 1 is 1.60 bits per heavy atom. The fraction of sp³-hybridized carbons (Fsp3) is 0.643. The number of hydrogen-bond acceptors (Lipinski definition) is 2. The number of carbonyl (C=O) groups excluding carboxylic acids is 1. The number of nitrogens with one attached hydrogen (secondary N) is 1. The van der Waals surface area contributed by atoms with Crippen molar-refractivity contribution in [3.63, 3.8) is 0 Å². The summed E-state index contributed by atoms with van der Waals surface area (Å²) in [4.78, 5) is 14.0. The topological polar surface area (TPSA) is 37.3 Å². The maximum absolute atomic E-state index is 12.5. The Morgan fingerprint density at radius 3 is 3.05 bits per heavy atom. The molecule has 6 heteroatoms. The molecule has 1 N–H and O–H groups in total. The molecular formula is C14H21F2N3O. The van der Waals surface area contributed by atoms with Gasteiger partial charge in [0.1, 0.15) is 5.69 Å². The number of piperidine rings is 1. The molecule has 1 amide bonds. The molecule has 0 bridgehead atoms. The fourth-order valence-electron chi connectivity index (χ4n) is 2.66. The second kappa shape index (κ2) is 6.83. The standard InChI is InChI=1S/C14H21F2N3O/c1-18(9-11-4-2-6-17-8-11)14(20)12-5-3-7-19(12)10-13(15)16/h3,5,7,11,13,17H,2,4,6,8-10H2,1H3. The highest BCUT2D eigenvalue weighted by molar-refractivity contribution is 5.92. The van der Waals surface area contributed by atoms with Crippen molar-refractivity contribution >= 4 is 5.91 Å². The van der Waals surface area contributed by atoms with Gasteiger partial charge in [-0.15, -0.1) is 0 Å². The number of hydrogen-bond donors (Lipinski definition) is 1. The van der Waals surface area contributed by atoms with Gasteiger partial charge in [-0.3, -0.25) is 4.79 Å². The SMILES string of the molecule is CN(CC1CCCNC1)C(=O)c1cccn1CC(F)F. The first-order valence-electron chi connectivity index (χ1n) is 6.97. The van der Waals surface area contributed by atoms with Crippen molar-refractivity contribution in [2.75, 3.05) is 26.7 Å². The minimum absolute atomic E-state index is 0.193. The maximum Gasteiger partial charge on any atom is 0.270 e. The lowest BCUT2D eigenvalue weighted by Crippen LogP contribution is -2.39. The molecule has 112 valence electrons. The molecule has 1 aliphatic heterocycles. The van der Waals surface area contributed by atoms with E-state index in [0.29, 0.717) is 18.2 Å². The highest BCUT2D eigenvalue weighted by Gasteiger charge is 2.21. The summed E-state index contributed by atoms with van der Waals surface area (Å²) in [7, 11) is 1.73. The summed E-state index contributed by atoms with van der Waals surface area (Å²) in [6.45, 7) is 2.17. The number of carbonyl (C=O) groups is 1. The van der Waals surface area contributed by atoms with Crippen molar-refractivity contribution in [1.82, 2.24) is 14.8 Å². The summed E-state index contributed by atoms with van der Waals surface area (Å²) in [6, 6.07) is 3.23. The van der Waals surface area contributed by atoms with E-state index in [1.807, 2.05) is 0 Å². The molecule has 0 aromatic carbocycles. The van der Waals surface area contributed by atoms with Crippen molar-refractivity contribution in [2.24, 2.45) is 5.92 Å².